The number of carbonyl (C=O) groups is 2. The Morgan fingerprint density at radius 2 is 2.23 bits per heavy atom. The van der Waals surface area contributed by atoms with Crippen LogP contribution in [0.5, 0.6) is 0 Å². The second kappa shape index (κ2) is 4.35. The van der Waals surface area contributed by atoms with Crippen LogP contribution in [0.3, 0.4) is 0 Å². The lowest BCUT2D eigenvalue weighted by Crippen LogP contribution is -2.07. The van der Waals surface area contributed by atoms with Gasteiger partial charge >= 0.3 is 0 Å². The maximum atomic E-state index is 11.2. The molecule has 0 unspecified atom stereocenters. The predicted octanol–water partition coefficient (Wildman–Crippen LogP) is 0.537. The topological polar surface area (TPSA) is 67.0 Å². The van der Waals surface area contributed by atoms with Crippen LogP contribution in [0.25, 0.3) is 0 Å². The van der Waals surface area contributed by atoms with E-state index in [-0.39, 0.29) is 24.2 Å². The van der Waals surface area contributed by atoms with Crippen molar-refractivity contribution in [3.8, 4) is 0 Å². The number of nitrogens with one attached hydrogen (secondary N) is 1. The van der Waals surface area contributed by atoms with Crippen molar-refractivity contribution in [1.29, 1.82) is 0 Å². The molecule has 1 heterocycles. The fourth-order valence-corrected chi connectivity index (χ4v) is 0.918. The van der Waals surface area contributed by atoms with Crippen LogP contribution in [-0.2, 0) is 4.79 Å². The standard InChI is InChI=1S/C9H9NO3/c11-5-1-2-8(12)7-3-4-9(13)10-6-7/h3-6H,1-2H2,(H,10,13). The van der Waals surface area contributed by atoms with Crippen molar-refractivity contribution >= 4 is 12.1 Å². The summed E-state index contributed by atoms with van der Waals surface area (Å²) >= 11 is 0. The normalized spacial score (nSPS) is 9.54. The van der Waals surface area contributed by atoms with E-state index in [9.17, 15) is 14.4 Å². The van der Waals surface area contributed by atoms with Gasteiger partial charge in [0, 0.05) is 30.7 Å². The minimum absolute atomic E-state index is 0.136. The molecule has 0 saturated heterocycles. The molecule has 0 fully saturated rings. The van der Waals surface area contributed by atoms with Gasteiger partial charge in [-0.05, 0) is 6.07 Å². The van der Waals surface area contributed by atoms with Crippen molar-refractivity contribution < 1.29 is 9.59 Å². The molecule has 0 aliphatic carbocycles. The molecular formula is C9H9NO3. The summed E-state index contributed by atoms with van der Waals surface area (Å²) in [4.78, 5) is 34.2. The summed E-state index contributed by atoms with van der Waals surface area (Å²) in [6.07, 6.45) is 2.46. The van der Waals surface area contributed by atoms with Crippen molar-refractivity contribution in [2.75, 3.05) is 0 Å². The number of Topliss-reactive ketones (excluding diaryl/α,β-unsaturated/α-hetero) is 1. The predicted molar refractivity (Wildman–Crippen MR) is 46.7 cm³/mol. The number of pyridine rings is 1. The quantitative estimate of drug-likeness (QED) is 0.541. The lowest BCUT2D eigenvalue weighted by molar-refractivity contribution is -0.107. The average Bonchev–Trinajstić information content (AvgIpc) is 2.15. The van der Waals surface area contributed by atoms with Gasteiger partial charge in [-0.3, -0.25) is 9.59 Å². The Bertz CT molecular complexity index is 347. The van der Waals surface area contributed by atoms with Gasteiger partial charge in [0.05, 0.1) is 0 Å². The summed E-state index contributed by atoms with van der Waals surface area (Å²) in [5.41, 5.74) is 0.188. The van der Waals surface area contributed by atoms with Crippen molar-refractivity contribution in [2.45, 2.75) is 12.8 Å². The Morgan fingerprint density at radius 1 is 1.46 bits per heavy atom. The number of aldehydes is 1. The van der Waals surface area contributed by atoms with E-state index in [1.807, 2.05) is 0 Å². The monoisotopic (exact) mass is 179 g/mol. The molecule has 1 N–H and O–H groups in total. The molecule has 1 rings (SSSR count). The number of hydrogen-bond acceptors (Lipinski definition) is 3. The zero-order valence-electron chi connectivity index (χ0n) is 6.95. The fourth-order valence-electron chi connectivity index (χ4n) is 0.918. The third kappa shape index (κ3) is 2.66. The number of rotatable bonds is 4. The molecule has 0 aliphatic heterocycles. The van der Waals surface area contributed by atoms with E-state index in [1.165, 1.54) is 18.3 Å². The first-order chi connectivity index (χ1) is 6.24. The first kappa shape index (κ1) is 9.38. The second-order valence-electron chi connectivity index (χ2n) is 2.57. The van der Waals surface area contributed by atoms with Gasteiger partial charge in [-0.15, -0.1) is 0 Å². The van der Waals surface area contributed by atoms with Crippen LogP contribution in [-0.4, -0.2) is 17.1 Å². The van der Waals surface area contributed by atoms with Crippen LogP contribution in [0, 0.1) is 0 Å². The number of carbonyl (C=O) groups excluding carboxylic acids is 2. The lowest BCUT2D eigenvalue weighted by Gasteiger charge is -1.95. The van der Waals surface area contributed by atoms with Crippen LogP contribution in [0.4, 0.5) is 0 Å². The Labute approximate surface area is 74.6 Å². The molecule has 0 spiro atoms. The fraction of sp³-hybridized carbons (Fsp3) is 0.222. The van der Waals surface area contributed by atoms with E-state index in [2.05, 4.69) is 4.98 Å². The van der Waals surface area contributed by atoms with Crippen LogP contribution >= 0.6 is 0 Å². The number of aromatic nitrogens is 1. The molecule has 0 atom stereocenters. The Morgan fingerprint density at radius 3 is 2.77 bits per heavy atom. The van der Waals surface area contributed by atoms with Crippen LogP contribution in [0.15, 0.2) is 23.1 Å². The number of hydrogen-bond donors (Lipinski definition) is 1. The third-order valence-corrected chi connectivity index (χ3v) is 1.60. The van der Waals surface area contributed by atoms with E-state index >= 15 is 0 Å². The molecule has 0 amide bonds. The minimum Gasteiger partial charge on any atom is -0.328 e. The lowest BCUT2D eigenvalue weighted by atomic mass is 10.1. The third-order valence-electron chi connectivity index (χ3n) is 1.60. The highest BCUT2D eigenvalue weighted by molar-refractivity contribution is 5.96. The van der Waals surface area contributed by atoms with Crippen LogP contribution in [0.1, 0.15) is 23.2 Å². The summed E-state index contributed by atoms with van der Waals surface area (Å²) < 4.78 is 0. The zero-order chi connectivity index (χ0) is 9.68. The Hall–Kier alpha value is -1.71. The van der Waals surface area contributed by atoms with Gasteiger partial charge in [-0.25, -0.2) is 0 Å². The number of aromatic amines is 1. The molecule has 13 heavy (non-hydrogen) atoms. The highest BCUT2D eigenvalue weighted by Gasteiger charge is 2.03. The SMILES string of the molecule is O=CCCC(=O)c1ccc(=O)[nH]c1. The van der Waals surface area contributed by atoms with Gasteiger partial charge in [0.1, 0.15) is 6.29 Å². The summed E-state index contributed by atoms with van der Waals surface area (Å²) in [7, 11) is 0. The van der Waals surface area contributed by atoms with Crippen molar-refractivity contribution in [1.82, 2.24) is 4.98 Å². The first-order valence-corrected chi connectivity index (χ1v) is 3.89. The molecule has 0 radical (unpaired) electrons. The summed E-state index contributed by atoms with van der Waals surface area (Å²) in [5.74, 6) is -0.136. The van der Waals surface area contributed by atoms with E-state index in [1.54, 1.807) is 0 Å². The minimum atomic E-state index is -0.244. The molecule has 0 aliphatic rings. The second-order valence-corrected chi connectivity index (χ2v) is 2.57. The molecule has 0 aromatic carbocycles. The van der Waals surface area contributed by atoms with E-state index in [4.69, 9.17) is 0 Å². The Kier molecular flexibility index (Phi) is 3.14. The highest BCUT2D eigenvalue weighted by Crippen LogP contribution is 2.00. The van der Waals surface area contributed by atoms with E-state index in [0.717, 1.165) is 0 Å². The van der Waals surface area contributed by atoms with E-state index < -0.39 is 0 Å². The molecule has 0 saturated carbocycles. The van der Waals surface area contributed by atoms with Gasteiger partial charge in [0.25, 0.3) is 0 Å². The van der Waals surface area contributed by atoms with Crippen LogP contribution < -0.4 is 5.56 Å². The zero-order valence-corrected chi connectivity index (χ0v) is 6.95. The molecule has 4 heteroatoms. The molecule has 4 nitrogen and oxygen atoms in total. The molecule has 68 valence electrons. The molecule has 1 aromatic heterocycles. The Balaban J connectivity index is 2.71. The smallest absolute Gasteiger partial charge is 0.247 e. The van der Waals surface area contributed by atoms with Gasteiger partial charge in [0.2, 0.25) is 5.56 Å². The summed E-state index contributed by atoms with van der Waals surface area (Å²) in [6, 6.07) is 2.74. The molecule has 1 aromatic rings. The summed E-state index contributed by atoms with van der Waals surface area (Å²) in [5, 5.41) is 0. The number of H-pyrrole nitrogens is 1. The van der Waals surface area contributed by atoms with Crippen molar-refractivity contribution in [3.63, 3.8) is 0 Å². The maximum absolute atomic E-state index is 11.2. The van der Waals surface area contributed by atoms with Crippen molar-refractivity contribution in [3.05, 3.63) is 34.2 Å². The molecule has 0 bridgehead atoms. The first-order valence-electron chi connectivity index (χ1n) is 3.89. The van der Waals surface area contributed by atoms with Crippen molar-refractivity contribution in [2.24, 2.45) is 0 Å². The van der Waals surface area contributed by atoms with Crippen LogP contribution in [0.2, 0.25) is 0 Å². The number of ketones is 1. The van der Waals surface area contributed by atoms with Gasteiger partial charge < -0.3 is 9.78 Å². The average molecular weight is 179 g/mol. The largest absolute Gasteiger partial charge is 0.328 e. The van der Waals surface area contributed by atoms with Gasteiger partial charge in [0.15, 0.2) is 5.78 Å². The van der Waals surface area contributed by atoms with E-state index in [0.29, 0.717) is 11.8 Å². The summed E-state index contributed by atoms with van der Waals surface area (Å²) in [6.45, 7) is 0. The van der Waals surface area contributed by atoms with Gasteiger partial charge in [-0.1, -0.05) is 0 Å². The van der Waals surface area contributed by atoms with Gasteiger partial charge in [-0.2, -0.15) is 0 Å². The highest BCUT2D eigenvalue weighted by atomic mass is 16.1. The molecular weight excluding hydrogens is 170 g/mol. The maximum Gasteiger partial charge on any atom is 0.247 e.